The third-order valence-corrected chi connectivity index (χ3v) is 9.23. The van der Waals surface area contributed by atoms with E-state index < -0.39 is 10.0 Å². The van der Waals surface area contributed by atoms with Gasteiger partial charge in [0.15, 0.2) is 0 Å². The SMILES string of the molecule is CCCCCCCCCCS(C)(C)CCC(=O)NC(Cc1ccc(C)cc1)c1ccccc1. The molecule has 0 heterocycles. The number of carbonyl (C=O) groups excluding carboxylic acids is 1. The van der Waals surface area contributed by atoms with E-state index in [1.54, 1.807) is 0 Å². The molecule has 2 rings (SSSR count). The summed E-state index contributed by atoms with van der Waals surface area (Å²) in [7, 11) is -0.703. The summed E-state index contributed by atoms with van der Waals surface area (Å²) in [5.41, 5.74) is 3.70. The summed E-state index contributed by atoms with van der Waals surface area (Å²) in [4.78, 5) is 12.9. The summed E-state index contributed by atoms with van der Waals surface area (Å²) >= 11 is 0. The van der Waals surface area contributed by atoms with Gasteiger partial charge in [-0.1, -0.05) is 112 Å². The molecule has 1 atom stereocenters. The van der Waals surface area contributed by atoms with Crippen molar-refractivity contribution in [1.29, 1.82) is 0 Å². The van der Waals surface area contributed by atoms with Crippen molar-refractivity contribution in [2.45, 2.75) is 84.1 Å². The Morgan fingerprint density at radius 1 is 0.818 bits per heavy atom. The molecular weight excluding hydrogens is 422 g/mol. The Morgan fingerprint density at radius 2 is 1.42 bits per heavy atom. The molecule has 0 saturated carbocycles. The predicted molar refractivity (Wildman–Crippen MR) is 149 cm³/mol. The van der Waals surface area contributed by atoms with Crippen molar-refractivity contribution in [2.24, 2.45) is 0 Å². The first kappa shape index (κ1) is 27.5. The summed E-state index contributed by atoms with van der Waals surface area (Å²) in [6, 6.07) is 19.1. The molecule has 0 aromatic heterocycles. The van der Waals surface area contributed by atoms with Crippen LogP contribution >= 0.6 is 10.0 Å². The Morgan fingerprint density at radius 3 is 2.06 bits per heavy atom. The van der Waals surface area contributed by atoms with Gasteiger partial charge in [0.25, 0.3) is 0 Å². The van der Waals surface area contributed by atoms with E-state index in [2.05, 4.69) is 80.2 Å². The second-order valence-electron chi connectivity index (χ2n) is 10.1. The minimum atomic E-state index is -0.703. The molecule has 2 nitrogen and oxygen atoms in total. The molecule has 0 saturated heterocycles. The molecule has 0 aliphatic rings. The Hall–Kier alpha value is -1.74. The minimum Gasteiger partial charge on any atom is -0.349 e. The zero-order valence-electron chi connectivity index (χ0n) is 21.6. The third-order valence-electron chi connectivity index (χ3n) is 6.53. The maximum atomic E-state index is 12.9. The number of benzene rings is 2. The number of carbonyl (C=O) groups is 1. The molecule has 0 aliphatic carbocycles. The monoisotopic (exact) mass is 469 g/mol. The fourth-order valence-electron chi connectivity index (χ4n) is 4.26. The number of rotatable bonds is 16. The molecule has 3 heteroatoms. The van der Waals surface area contributed by atoms with Crippen molar-refractivity contribution >= 4 is 15.9 Å². The molecule has 2 aromatic rings. The van der Waals surface area contributed by atoms with Gasteiger partial charge >= 0.3 is 0 Å². The van der Waals surface area contributed by atoms with Crippen LogP contribution in [0.3, 0.4) is 0 Å². The number of amides is 1. The van der Waals surface area contributed by atoms with Crippen molar-refractivity contribution in [1.82, 2.24) is 5.32 Å². The summed E-state index contributed by atoms with van der Waals surface area (Å²) in [5, 5.41) is 3.34. The fourth-order valence-corrected chi connectivity index (χ4v) is 6.19. The zero-order chi connectivity index (χ0) is 23.9. The van der Waals surface area contributed by atoms with E-state index in [0.29, 0.717) is 6.42 Å². The molecule has 1 N–H and O–H groups in total. The minimum absolute atomic E-state index is 0.0206. The first-order valence-corrected chi connectivity index (χ1v) is 15.8. The molecular formula is C30H47NOS. The van der Waals surface area contributed by atoms with Gasteiger partial charge in [-0.3, -0.25) is 4.79 Å². The number of aryl methyl sites for hydroxylation is 1. The highest BCUT2D eigenvalue weighted by Crippen LogP contribution is 2.41. The second kappa shape index (κ2) is 15.2. The molecule has 1 amide bonds. The Kier molecular flexibility index (Phi) is 12.7. The number of hydrogen-bond donors (Lipinski definition) is 1. The molecule has 0 bridgehead atoms. The van der Waals surface area contributed by atoms with Gasteiger partial charge in [0.2, 0.25) is 5.91 Å². The lowest BCUT2D eigenvalue weighted by atomic mass is 9.98. The molecule has 1 unspecified atom stereocenters. The van der Waals surface area contributed by atoms with Crippen LogP contribution in [0.5, 0.6) is 0 Å². The van der Waals surface area contributed by atoms with Crippen molar-refractivity contribution in [3.63, 3.8) is 0 Å². The van der Waals surface area contributed by atoms with Gasteiger partial charge in [0.1, 0.15) is 0 Å². The van der Waals surface area contributed by atoms with E-state index in [4.69, 9.17) is 0 Å². The lowest BCUT2D eigenvalue weighted by Gasteiger charge is -2.31. The first-order valence-electron chi connectivity index (χ1n) is 13.0. The van der Waals surface area contributed by atoms with Crippen LogP contribution in [0.4, 0.5) is 0 Å². The topological polar surface area (TPSA) is 29.1 Å². The van der Waals surface area contributed by atoms with Gasteiger partial charge in [-0.05, 0) is 54.9 Å². The first-order chi connectivity index (χ1) is 15.9. The Bertz CT molecular complexity index is 785. The lowest BCUT2D eigenvalue weighted by Crippen LogP contribution is -2.31. The van der Waals surface area contributed by atoms with Crippen molar-refractivity contribution in [3.05, 3.63) is 71.3 Å². The van der Waals surface area contributed by atoms with E-state index in [0.717, 1.165) is 12.2 Å². The van der Waals surface area contributed by atoms with Crippen LogP contribution in [-0.2, 0) is 11.2 Å². The van der Waals surface area contributed by atoms with Crippen molar-refractivity contribution in [2.75, 3.05) is 24.0 Å². The maximum absolute atomic E-state index is 12.9. The van der Waals surface area contributed by atoms with E-state index in [1.807, 2.05) is 6.07 Å². The molecule has 0 fully saturated rings. The molecule has 2 aromatic carbocycles. The molecule has 0 radical (unpaired) electrons. The Labute approximate surface area is 205 Å². The van der Waals surface area contributed by atoms with Gasteiger partial charge in [0.05, 0.1) is 6.04 Å². The van der Waals surface area contributed by atoms with Gasteiger partial charge in [0, 0.05) is 6.42 Å². The van der Waals surface area contributed by atoms with Crippen LogP contribution in [0.25, 0.3) is 0 Å². The summed E-state index contributed by atoms with van der Waals surface area (Å²) in [6.45, 7) is 4.38. The number of nitrogens with one attached hydrogen (secondary N) is 1. The average molecular weight is 470 g/mol. The lowest BCUT2D eigenvalue weighted by molar-refractivity contribution is -0.121. The highest BCUT2D eigenvalue weighted by Gasteiger charge is 2.18. The van der Waals surface area contributed by atoms with Crippen molar-refractivity contribution in [3.8, 4) is 0 Å². The van der Waals surface area contributed by atoms with Gasteiger partial charge in [-0.25, -0.2) is 10.0 Å². The third kappa shape index (κ3) is 11.8. The summed E-state index contributed by atoms with van der Waals surface area (Å²) in [5.74, 6) is 2.51. The second-order valence-corrected chi connectivity index (χ2v) is 14.5. The highest BCUT2D eigenvalue weighted by atomic mass is 32.3. The van der Waals surface area contributed by atoms with Crippen LogP contribution < -0.4 is 5.32 Å². The van der Waals surface area contributed by atoms with Crippen LogP contribution in [0.1, 0.15) is 87.4 Å². The molecule has 0 spiro atoms. The van der Waals surface area contributed by atoms with Gasteiger partial charge in [-0.2, -0.15) is 0 Å². The van der Waals surface area contributed by atoms with Crippen molar-refractivity contribution < 1.29 is 4.79 Å². The zero-order valence-corrected chi connectivity index (χ0v) is 22.4. The van der Waals surface area contributed by atoms with Gasteiger partial charge in [-0.15, -0.1) is 0 Å². The van der Waals surface area contributed by atoms with Crippen LogP contribution in [-0.4, -0.2) is 29.9 Å². The van der Waals surface area contributed by atoms with E-state index in [1.165, 1.54) is 73.8 Å². The largest absolute Gasteiger partial charge is 0.349 e. The van der Waals surface area contributed by atoms with E-state index in [9.17, 15) is 4.79 Å². The number of unbranched alkanes of at least 4 members (excludes halogenated alkanes) is 7. The average Bonchev–Trinajstić information content (AvgIpc) is 2.81. The van der Waals surface area contributed by atoms with Crippen LogP contribution in [0.2, 0.25) is 0 Å². The normalized spacial score (nSPS) is 13.0. The maximum Gasteiger partial charge on any atom is 0.221 e. The molecule has 0 aliphatic heterocycles. The van der Waals surface area contributed by atoms with E-state index in [-0.39, 0.29) is 11.9 Å². The quantitative estimate of drug-likeness (QED) is 0.248. The van der Waals surface area contributed by atoms with Crippen LogP contribution in [0, 0.1) is 6.92 Å². The standard InChI is InChI=1S/C30H47NOS/c1-5-6-7-8-9-10-11-15-23-33(3,4)24-22-30(32)31-29(28-16-13-12-14-17-28)25-27-20-18-26(2)19-21-27/h12-14,16-21,29H,5-11,15,22-25H2,1-4H3,(H,31,32). The molecule has 33 heavy (non-hydrogen) atoms. The highest BCUT2D eigenvalue weighted by molar-refractivity contribution is 8.32. The summed E-state index contributed by atoms with van der Waals surface area (Å²) < 4.78 is 0. The number of hydrogen-bond acceptors (Lipinski definition) is 1. The summed E-state index contributed by atoms with van der Waals surface area (Å²) in [6.07, 6.45) is 17.2. The Balaban J connectivity index is 1.78. The van der Waals surface area contributed by atoms with E-state index >= 15 is 0 Å². The van der Waals surface area contributed by atoms with Crippen LogP contribution in [0.15, 0.2) is 54.6 Å². The predicted octanol–water partition coefficient (Wildman–Crippen LogP) is 7.99. The van der Waals surface area contributed by atoms with Gasteiger partial charge < -0.3 is 5.32 Å². The smallest absolute Gasteiger partial charge is 0.221 e. The fraction of sp³-hybridized carbons (Fsp3) is 0.567. The molecule has 184 valence electrons.